The summed E-state index contributed by atoms with van der Waals surface area (Å²) in [5.74, 6) is -0.689. The van der Waals surface area contributed by atoms with Crippen molar-refractivity contribution < 1.29 is 19.1 Å². The van der Waals surface area contributed by atoms with Gasteiger partial charge in [0.2, 0.25) is 0 Å². The molecule has 6 heteroatoms. The highest BCUT2D eigenvalue weighted by Gasteiger charge is 2.13. The molecule has 0 saturated heterocycles. The molecule has 6 nitrogen and oxygen atoms in total. The van der Waals surface area contributed by atoms with Gasteiger partial charge in [-0.05, 0) is 49.7 Å². The first-order chi connectivity index (χ1) is 13.9. The van der Waals surface area contributed by atoms with Gasteiger partial charge in [0.15, 0.2) is 0 Å². The number of hydrogen-bond acceptors (Lipinski definition) is 4. The Kier molecular flexibility index (Phi) is 5.61. The van der Waals surface area contributed by atoms with Crippen LogP contribution >= 0.6 is 0 Å². The average Bonchev–Trinajstić information content (AvgIpc) is 3.17. The van der Waals surface area contributed by atoms with Gasteiger partial charge in [0, 0.05) is 17.3 Å². The van der Waals surface area contributed by atoms with Crippen LogP contribution in [-0.2, 0) is 4.79 Å². The Morgan fingerprint density at radius 1 is 1.07 bits per heavy atom. The van der Waals surface area contributed by atoms with Crippen LogP contribution in [0.1, 0.15) is 27.2 Å². The molecule has 0 aliphatic carbocycles. The van der Waals surface area contributed by atoms with Crippen molar-refractivity contribution in [3.8, 4) is 17.4 Å². The number of carboxylic acids is 1. The third-order valence-corrected chi connectivity index (χ3v) is 4.32. The summed E-state index contributed by atoms with van der Waals surface area (Å²) in [5.41, 5.74) is 3.40. The van der Waals surface area contributed by atoms with E-state index in [-0.39, 0.29) is 11.1 Å². The van der Waals surface area contributed by atoms with Crippen LogP contribution in [0.2, 0.25) is 0 Å². The lowest BCUT2D eigenvalue weighted by Gasteiger charge is -2.08. The van der Waals surface area contributed by atoms with Gasteiger partial charge >= 0.3 is 5.97 Å². The first-order valence-corrected chi connectivity index (χ1v) is 8.81. The standard InChI is InChI=1S/C23H18N2O4/c1-14-3-9-20(15(2)11-14)25-22(26)18(13-24)12-19-8-10-21(29-19)16-4-6-17(7-5-16)23(27)28/h3-12H,1-2H3,(H,25,26)(H,27,28)/b18-12+. The Bertz CT molecular complexity index is 1150. The number of nitrogens with one attached hydrogen (secondary N) is 1. The lowest BCUT2D eigenvalue weighted by atomic mass is 10.1. The van der Waals surface area contributed by atoms with Crippen molar-refractivity contribution in [2.75, 3.05) is 5.32 Å². The predicted octanol–water partition coefficient (Wildman–Crippen LogP) is 4.81. The van der Waals surface area contributed by atoms with Crippen molar-refractivity contribution in [3.05, 3.63) is 82.6 Å². The van der Waals surface area contributed by atoms with E-state index < -0.39 is 11.9 Å². The molecule has 0 atom stereocenters. The summed E-state index contributed by atoms with van der Waals surface area (Å²) in [5, 5.41) is 21.1. The maximum Gasteiger partial charge on any atom is 0.335 e. The second-order valence-electron chi connectivity index (χ2n) is 6.53. The molecule has 0 radical (unpaired) electrons. The number of aryl methyl sites for hydroxylation is 2. The number of amides is 1. The van der Waals surface area contributed by atoms with Crippen LogP contribution in [0.3, 0.4) is 0 Å². The topological polar surface area (TPSA) is 103 Å². The molecule has 0 spiro atoms. The molecule has 1 aromatic heterocycles. The van der Waals surface area contributed by atoms with Gasteiger partial charge in [0.25, 0.3) is 5.91 Å². The molecule has 0 fully saturated rings. The number of benzene rings is 2. The van der Waals surface area contributed by atoms with Gasteiger partial charge in [0.05, 0.1) is 5.56 Å². The largest absolute Gasteiger partial charge is 0.478 e. The summed E-state index contributed by atoms with van der Waals surface area (Å²) in [7, 11) is 0. The van der Waals surface area contributed by atoms with Crippen molar-refractivity contribution >= 4 is 23.6 Å². The Labute approximate surface area is 167 Å². The normalized spacial score (nSPS) is 11.0. The minimum Gasteiger partial charge on any atom is -0.478 e. The summed E-state index contributed by atoms with van der Waals surface area (Å²) in [6, 6.07) is 17.1. The number of carbonyl (C=O) groups excluding carboxylic acids is 1. The minimum atomic E-state index is -1.01. The molecular formula is C23H18N2O4. The van der Waals surface area contributed by atoms with E-state index in [1.165, 1.54) is 18.2 Å². The smallest absolute Gasteiger partial charge is 0.335 e. The van der Waals surface area contributed by atoms with Crippen molar-refractivity contribution in [3.63, 3.8) is 0 Å². The molecule has 2 N–H and O–H groups in total. The van der Waals surface area contributed by atoms with E-state index in [4.69, 9.17) is 9.52 Å². The van der Waals surface area contributed by atoms with Gasteiger partial charge in [-0.3, -0.25) is 4.79 Å². The van der Waals surface area contributed by atoms with E-state index in [1.54, 1.807) is 30.3 Å². The molecule has 0 unspecified atom stereocenters. The first-order valence-electron chi connectivity index (χ1n) is 8.81. The number of aromatic carboxylic acids is 1. The van der Waals surface area contributed by atoms with Gasteiger partial charge < -0.3 is 14.8 Å². The fourth-order valence-electron chi connectivity index (χ4n) is 2.80. The molecule has 0 aliphatic rings. The molecule has 29 heavy (non-hydrogen) atoms. The SMILES string of the molecule is Cc1ccc(NC(=O)/C(C#N)=C/c2ccc(-c3ccc(C(=O)O)cc3)o2)c(C)c1. The number of rotatable bonds is 5. The van der Waals surface area contributed by atoms with Crippen molar-refractivity contribution in [1.29, 1.82) is 5.26 Å². The predicted molar refractivity (Wildman–Crippen MR) is 109 cm³/mol. The average molecular weight is 386 g/mol. The molecule has 0 bridgehead atoms. The van der Waals surface area contributed by atoms with Crippen molar-refractivity contribution in [2.24, 2.45) is 0 Å². The van der Waals surface area contributed by atoms with Crippen LogP contribution in [0.15, 0.2) is 64.6 Å². The van der Waals surface area contributed by atoms with Crippen LogP contribution in [0.4, 0.5) is 5.69 Å². The zero-order chi connectivity index (χ0) is 21.0. The number of nitriles is 1. The van der Waals surface area contributed by atoms with Crippen LogP contribution in [0.5, 0.6) is 0 Å². The molecule has 144 valence electrons. The molecule has 1 heterocycles. The van der Waals surface area contributed by atoms with E-state index in [1.807, 2.05) is 32.0 Å². The Balaban J connectivity index is 1.80. The molecule has 2 aromatic carbocycles. The third kappa shape index (κ3) is 4.60. The van der Waals surface area contributed by atoms with E-state index in [9.17, 15) is 14.9 Å². The number of nitrogens with zero attached hydrogens (tertiary/aromatic N) is 1. The van der Waals surface area contributed by atoms with Gasteiger partial charge in [-0.15, -0.1) is 0 Å². The molecule has 0 aliphatic heterocycles. The lowest BCUT2D eigenvalue weighted by Crippen LogP contribution is -2.14. The van der Waals surface area contributed by atoms with E-state index in [2.05, 4.69) is 5.32 Å². The molecule has 3 aromatic rings. The molecule has 3 rings (SSSR count). The van der Waals surface area contributed by atoms with Crippen LogP contribution < -0.4 is 5.32 Å². The molecular weight excluding hydrogens is 368 g/mol. The third-order valence-electron chi connectivity index (χ3n) is 4.32. The second kappa shape index (κ2) is 8.28. The highest BCUT2D eigenvalue weighted by molar-refractivity contribution is 6.09. The second-order valence-corrected chi connectivity index (χ2v) is 6.53. The monoisotopic (exact) mass is 386 g/mol. The number of carbonyl (C=O) groups is 2. The van der Waals surface area contributed by atoms with Crippen molar-refractivity contribution in [1.82, 2.24) is 0 Å². The first kappa shape index (κ1) is 19.6. The Morgan fingerprint density at radius 2 is 1.79 bits per heavy atom. The fraction of sp³-hybridized carbons (Fsp3) is 0.0870. The number of furan rings is 1. The van der Waals surface area contributed by atoms with Crippen LogP contribution in [0.25, 0.3) is 17.4 Å². The zero-order valence-electron chi connectivity index (χ0n) is 15.9. The van der Waals surface area contributed by atoms with E-state index in [0.717, 1.165) is 11.1 Å². The Hall–Kier alpha value is -4.11. The summed E-state index contributed by atoms with van der Waals surface area (Å²) in [6.07, 6.45) is 1.37. The fourth-order valence-corrected chi connectivity index (χ4v) is 2.80. The van der Waals surface area contributed by atoms with Crippen LogP contribution in [0, 0.1) is 25.2 Å². The number of hydrogen-bond donors (Lipinski definition) is 2. The maximum absolute atomic E-state index is 12.5. The highest BCUT2D eigenvalue weighted by Crippen LogP contribution is 2.24. The Morgan fingerprint density at radius 3 is 2.41 bits per heavy atom. The van der Waals surface area contributed by atoms with Crippen molar-refractivity contribution in [2.45, 2.75) is 13.8 Å². The highest BCUT2D eigenvalue weighted by atomic mass is 16.4. The van der Waals surface area contributed by atoms with Crippen LogP contribution in [-0.4, -0.2) is 17.0 Å². The molecule has 0 saturated carbocycles. The summed E-state index contributed by atoms with van der Waals surface area (Å²) < 4.78 is 5.69. The summed E-state index contributed by atoms with van der Waals surface area (Å²) in [6.45, 7) is 3.84. The number of carboxylic acid groups (broad SMARTS) is 1. The van der Waals surface area contributed by atoms with Gasteiger partial charge in [-0.1, -0.05) is 29.8 Å². The van der Waals surface area contributed by atoms with Gasteiger partial charge in [-0.2, -0.15) is 5.26 Å². The van der Waals surface area contributed by atoms with Gasteiger partial charge in [0.1, 0.15) is 23.2 Å². The van der Waals surface area contributed by atoms with E-state index in [0.29, 0.717) is 22.8 Å². The zero-order valence-corrected chi connectivity index (χ0v) is 15.9. The lowest BCUT2D eigenvalue weighted by molar-refractivity contribution is -0.112. The number of anilines is 1. The maximum atomic E-state index is 12.5. The van der Waals surface area contributed by atoms with E-state index >= 15 is 0 Å². The summed E-state index contributed by atoms with van der Waals surface area (Å²) >= 11 is 0. The summed E-state index contributed by atoms with van der Waals surface area (Å²) in [4.78, 5) is 23.4. The minimum absolute atomic E-state index is 0.0906. The van der Waals surface area contributed by atoms with Gasteiger partial charge in [-0.25, -0.2) is 4.79 Å². The molecule has 1 amide bonds. The quantitative estimate of drug-likeness (QED) is 0.484.